The van der Waals surface area contributed by atoms with E-state index in [9.17, 15) is 5.11 Å². The van der Waals surface area contributed by atoms with Crippen molar-refractivity contribution in [1.82, 2.24) is 4.90 Å². The van der Waals surface area contributed by atoms with Crippen molar-refractivity contribution in [3.63, 3.8) is 0 Å². The van der Waals surface area contributed by atoms with Crippen LogP contribution in [-0.2, 0) is 0 Å². The molecule has 2 rings (SSSR count). The van der Waals surface area contributed by atoms with Crippen LogP contribution in [0.4, 0.5) is 0 Å². The third-order valence-electron chi connectivity index (χ3n) is 5.02. The maximum absolute atomic E-state index is 9.71. The van der Waals surface area contributed by atoms with E-state index in [4.69, 9.17) is 5.73 Å². The van der Waals surface area contributed by atoms with Crippen LogP contribution in [0.5, 0.6) is 0 Å². The summed E-state index contributed by atoms with van der Waals surface area (Å²) in [6.07, 6.45) is 9.03. The molecule has 0 aromatic rings. The van der Waals surface area contributed by atoms with E-state index < -0.39 is 0 Å². The van der Waals surface area contributed by atoms with Gasteiger partial charge in [0.1, 0.15) is 0 Å². The predicted octanol–water partition coefficient (Wildman–Crippen LogP) is 2.38. The molecule has 0 aliphatic heterocycles. The van der Waals surface area contributed by atoms with Gasteiger partial charge in [0.25, 0.3) is 0 Å². The van der Waals surface area contributed by atoms with Gasteiger partial charge in [-0.05, 0) is 50.5 Å². The van der Waals surface area contributed by atoms with Crippen molar-refractivity contribution in [2.75, 3.05) is 19.7 Å². The van der Waals surface area contributed by atoms with Crippen molar-refractivity contribution in [2.24, 2.45) is 17.6 Å². The largest absolute Gasteiger partial charge is 0.394 e. The molecule has 1 unspecified atom stereocenters. The quantitative estimate of drug-likeness (QED) is 0.710. The molecule has 3 heteroatoms. The molecular weight excluding hydrogens is 236 g/mol. The van der Waals surface area contributed by atoms with Gasteiger partial charge in [-0.25, -0.2) is 0 Å². The number of nitrogens with zero attached hydrogens (tertiary/aromatic N) is 1. The van der Waals surface area contributed by atoms with E-state index in [1.54, 1.807) is 0 Å². The topological polar surface area (TPSA) is 49.5 Å². The summed E-state index contributed by atoms with van der Waals surface area (Å²) >= 11 is 0. The van der Waals surface area contributed by atoms with E-state index >= 15 is 0 Å². The molecule has 1 atom stereocenters. The average Bonchev–Trinajstić information content (AvgIpc) is 3.11. The monoisotopic (exact) mass is 268 g/mol. The predicted molar refractivity (Wildman–Crippen MR) is 80.0 cm³/mol. The minimum Gasteiger partial charge on any atom is -0.394 e. The molecule has 0 spiro atoms. The Hall–Kier alpha value is -0.120. The van der Waals surface area contributed by atoms with Crippen LogP contribution in [-0.4, -0.2) is 41.3 Å². The standard InChI is InChI=1S/C16H32N2O/c1-13(2)9-10-18(15-5-3-4-6-15)11-16(17,12-19)14-7-8-14/h13-15,19H,3-12,17H2,1-2H3. The molecular formula is C16H32N2O. The summed E-state index contributed by atoms with van der Waals surface area (Å²) in [5.41, 5.74) is 6.14. The van der Waals surface area contributed by atoms with Crippen molar-refractivity contribution in [1.29, 1.82) is 0 Å². The van der Waals surface area contributed by atoms with Gasteiger partial charge >= 0.3 is 0 Å². The van der Waals surface area contributed by atoms with Crippen LogP contribution in [0.15, 0.2) is 0 Å². The molecule has 0 heterocycles. The number of aliphatic hydroxyl groups is 1. The Balaban J connectivity index is 1.94. The van der Waals surface area contributed by atoms with Gasteiger partial charge in [-0.15, -0.1) is 0 Å². The first-order chi connectivity index (χ1) is 9.05. The van der Waals surface area contributed by atoms with E-state index in [1.807, 2.05) is 0 Å². The van der Waals surface area contributed by atoms with E-state index in [0.29, 0.717) is 12.0 Å². The second kappa shape index (κ2) is 6.55. The summed E-state index contributed by atoms with van der Waals surface area (Å²) in [5, 5.41) is 9.71. The van der Waals surface area contributed by atoms with Crippen molar-refractivity contribution in [2.45, 2.75) is 70.4 Å². The van der Waals surface area contributed by atoms with Crippen LogP contribution < -0.4 is 5.73 Å². The minimum absolute atomic E-state index is 0.141. The maximum atomic E-state index is 9.71. The zero-order valence-electron chi connectivity index (χ0n) is 12.8. The summed E-state index contributed by atoms with van der Waals surface area (Å²) < 4.78 is 0. The maximum Gasteiger partial charge on any atom is 0.0626 e. The molecule has 0 aromatic heterocycles. The molecule has 2 fully saturated rings. The molecule has 3 nitrogen and oxygen atoms in total. The van der Waals surface area contributed by atoms with Gasteiger partial charge in [0.05, 0.1) is 12.1 Å². The molecule has 0 radical (unpaired) electrons. The number of nitrogens with two attached hydrogens (primary N) is 1. The molecule has 0 saturated heterocycles. The first-order valence-electron chi connectivity index (χ1n) is 8.19. The van der Waals surface area contributed by atoms with Gasteiger partial charge in [0.15, 0.2) is 0 Å². The molecule has 0 aromatic carbocycles. The number of aliphatic hydroxyl groups excluding tert-OH is 1. The molecule has 3 N–H and O–H groups in total. The third-order valence-corrected chi connectivity index (χ3v) is 5.02. The second-order valence-corrected chi connectivity index (χ2v) is 7.26. The lowest BCUT2D eigenvalue weighted by Crippen LogP contribution is -2.56. The van der Waals surface area contributed by atoms with Gasteiger partial charge in [0, 0.05) is 12.6 Å². The zero-order valence-corrected chi connectivity index (χ0v) is 12.8. The first-order valence-corrected chi connectivity index (χ1v) is 8.19. The Kier molecular flexibility index (Phi) is 5.27. The van der Waals surface area contributed by atoms with Crippen LogP contribution in [0.1, 0.15) is 58.8 Å². The molecule has 0 amide bonds. The number of hydrogen-bond donors (Lipinski definition) is 2. The fourth-order valence-electron chi connectivity index (χ4n) is 3.43. The van der Waals surface area contributed by atoms with Gasteiger partial charge in [0.2, 0.25) is 0 Å². The van der Waals surface area contributed by atoms with Crippen LogP contribution in [0.2, 0.25) is 0 Å². The Bertz CT molecular complexity index is 272. The van der Waals surface area contributed by atoms with Crippen molar-refractivity contribution < 1.29 is 5.11 Å². The normalized spacial score (nSPS) is 24.3. The lowest BCUT2D eigenvalue weighted by atomic mass is 9.93. The summed E-state index contributed by atoms with van der Waals surface area (Å²) in [7, 11) is 0. The van der Waals surface area contributed by atoms with E-state index in [2.05, 4.69) is 18.7 Å². The van der Waals surface area contributed by atoms with E-state index in [-0.39, 0.29) is 12.1 Å². The molecule has 112 valence electrons. The first kappa shape index (κ1) is 15.3. The smallest absolute Gasteiger partial charge is 0.0626 e. The second-order valence-electron chi connectivity index (χ2n) is 7.26. The molecule has 19 heavy (non-hydrogen) atoms. The van der Waals surface area contributed by atoms with Crippen LogP contribution in [0.25, 0.3) is 0 Å². The van der Waals surface area contributed by atoms with Gasteiger partial charge in [-0.1, -0.05) is 26.7 Å². The summed E-state index contributed by atoms with van der Waals surface area (Å²) in [5.74, 6) is 1.30. The summed E-state index contributed by atoms with van der Waals surface area (Å²) in [6.45, 7) is 6.76. The van der Waals surface area contributed by atoms with Crippen LogP contribution in [0, 0.1) is 11.8 Å². The molecule has 2 saturated carbocycles. The lowest BCUT2D eigenvalue weighted by molar-refractivity contribution is 0.0921. The lowest BCUT2D eigenvalue weighted by Gasteiger charge is -2.38. The summed E-state index contributed by atoms with van der Waals surface area (Å²) in [4.78, 5) is 2.60. The van der Waals surface area contributed by atoms with Crippen molar-refractivity contribution in [3.8, 4) is 0 Å². The van der Waals surface area contributed by atoms with Crippen molar-refractivity contribution in [3.05, 3.63) is 0 Å². The van der Waals surface area contributed by atoms with E-state index in [0.717, 1.165) is 19.0 Å². The van der Waals surface area contributed by atoms with E-state index in [1.165, 1.54) is 44.9 Å². The molecule has 0 bridgehead atoms. The zero-order chi connectivity index (χ0) is 13.9. The highest BCUT2D eigenvalue weighted by atomic mass is 16.3. The van der Waals surface area contributed by atoms with Gasteiger partial charge in [-0.3, -0.25) is 4.90 Å². The van der Waals surface area contributed by atoms with Gasteiger partial charge in [-0.2, -0.15) is 0 Å². The van der Waals surface area contributed by atoms with Crippen LogP contribution in [0.3, 0.4) is 0 Å². The Morgan fingerprint density at radius 3 is 2.32 bits per heavy atom. The Morgan fingerprint density at radius 1 is 1.21 bits per heavy atom. The fraction of sp³-hybridized carbons (Fsp3) is 1.00. The number of rotatable bonds is 8. The Labute approximate surface area is 118 Å². The minimum atomic E-state index is -0.348. The highest BCUT2D eigenvalue weighted by Crippen LogP contribution is 2.39. The van der Waals surface area contributed by atoms with Gasteiger partial charge < -0.3 is 10.8 Å². The Morgan fingerprint density at radius 2 is 1.84 bits per heavy atom. The highest BCUT2D eigenvalue weighted by Gasteiger charge is 2.43. The molecule has 2 aliphatic carbocycles. The third kappa shape index (κ3) is 4.17. The highest BCUT2D eigenvalue weighted by molar-refractivity contribution is 5.01. The SMILES string of the molecule is CC(C)CCN(CC(N)(CO)C1CC1)C1CCCC1. The van der Waals surface area contributed by atoms with Crippen LogP contribution >= 0.6 is 0 Å². The molecule has 2 aliphatic rings. The average molecular weight is 268 g/mol. The number of hydrogen-bond acceptors (Lipinski definition) is 3. The van der Waals surface area contributed by atoms with Crippen molar-refractivity contribution >= 4 is 0 Å². The fourth-order valence-corrected chi connectivity index (χ4v) is 3.43. The summed E-state index contributed by atoms with van der Waals surface area (Å²) in [6, 6.07) is 0.715.